The van der Waals surface area contributed by atoms with E-state index in [4.69, 9.17) is 15.0 Å². The number of rotatable bonds is 6. The molecule has 9 aromatic rings. The van der Waals surface area contributed by atoms with Crippen LogP contribution in [0.3, 0.4) is 0 Å². The molecule has 52 heavy (non-hydrogen) atoms. The molecule has 0 amide bonds. The van der Waals surface area contributed by atoms with Gasteiger partial charge in [0.15, 0.2) is 17.5 Å². The normalized spacial score (nSPS) is 11.2. The minimum Gasteiger partial charge on any atom is -0.308 e. The van der Waals surface area contributed by atoms with Gasteiger partial charge in [0.1, 0.15) is 0 Å². The van der Waals surface area contributed by atoms with Crippen LogP contribution >= 0.6 is 0 Å². The number of fused-ring (bicyclic) bond motifs is 3. The third kappa shape index (κ3) is 5.49. The van der Waals surface area contributed by atoms with Crippen LogP contribution in [0.1, 0.15) is 11.1 Å². The summed E-state index contributed by atoms with van der Waals surface area (Å²) in [5.74, 6) is 1.80. The van der Waals surface area contributed by atoms with E-state index < -0.39 is 0 Å². The lowest BCUT2D eigenvalue weighted by Crippen LogP contribution is -2.04. The predicted molar refractivity (Wildman–Crippen MR) is 211 cm³/mol. The molecule has 2 heterocycles. The van der Waals surface area contributed by atoms with Gasteiger partial charge in [0.25, 0.3) is 0 Å². The Morgan fingerprint density at radius 1 is 0.442 bits per heavy atom. The predicted octanol–water partition coefficient (Wildman–Crippen LogP) is 11.5. The number of hydrogen-bond donors (Lipinski definition) is 0. The fourth-order valence-corrected chi connectivity index (χ4v) is 7.05. The standard InChI is InChI=1S/C47H31N5/c1-31-12-8-9-17-38(31)37-25-27-43-41(28-37)39-18-10-11-19-42(39)52(43)44-29-36(33-22-20-32(30-48)21-23-33)24-26-40(44)47-50-45(34-13-4-2-5-14-34)49-46(51-47)35-15-6-3-7-16-35/h2-29H,1H3. The van der Waals surface area contributed by atoms with E-state index in [9.17, 15) is 5.26 Å². The first-order valence-corrected chi connectivity index (χ1v) is 17.3. The molecule has 0 aliphatic rings. The minimum absolute atomic E-state index is 0.580. The average molecular weight is 666 g/mol. The largest absolute Gasteiger partial charge is 0.308 e. The molecule has 0 aliphatic heterocycles. The zero-order valence-electron chi connectivity index (χ0n) is 28.4. The number of nitrogens with zero attached hydrogens (tertiary/aromatic N) is 5. The number of nitriles is 1. The van der Waals surface area contributed by atoms with Gasteiger partial charge in [-0.1, -0.05) is 127 Å². The maximum atomic E-state index is 9.48. The fourth-order valence-electron chi connectivity index (χ4n) is 7.05. The fraction of sp³-hybridized carbons (Fsp3) is 0.0213. The SMILES string of the molecule is Cc1ccccc1-c1ccc2c(c1)c1ccccc1n2-c1cc(-c2ccc(C#N)cc2)ccc1-c1nc(-c2ccccc2)nc(-c2ccccc2)n1. The van der Waals surface area contributed by atoms with Crippen LogP contribution < -0.4 is 0 Å². The second-order valence-corrected chi connectivity index (χ2v) is 12.9. The van der Waals surface area contributed by atoms with Crippen LogP contribution in [-0.4, -0.2) is 19.5 Å². The number of aromatic nitrogens is 4. The molecule has 0 N–H and O–H groups in total. The van der Waals surface area contributed by atoms with E-state index in [0.717, 1.165) is 55.3 Å². The van der Waals surface area contributed by atoms with Gasteiger partial charge in [0.05, 0.1) is 28.4 Å². The van der Waals surface area contributed by atoms with E-state index in [2.05, 4.69) is 102 Å². The van der Waals surface area contributed by atoms with Crippen molar-refractivity contribution >= 4 is 21.8 Å². The van der Waals surface area contributed by atoms with E-state index in [1.807, 2.05) is 84.9 Å². The number of hydrogen-bond acceptors (Lipinski definition) is 4. The zero-order chi connectivity index (χ0) is 35.0. The monoisotopic (exact) mass is 665 g/mol. The Kier molecular flexibility index (Phi) is 7.68. The molecule has 2 aromatic heterocycles. The van der Waals surface area contributed by atoms with Crippen LogP contribution in [0.15, 0.2) is 170 Å². The highest BCUT2D eigenvalue weighted by atomic mass is 15.1. The van der Waals surface area contributed by atoms with Gasteiger partial charge in [-0.15, -0.1) is 0 Å². The van der Waals surface area contributed by atoms with Gasteiger partial charge in [0, 0.05) is 27.5 Å². The molecule has 0 saturated carbocycles. The highest BCUT2D eigenvalue weighted by molar-refractivity contribution is 6.11. The van der Waals surface area contributed by atoms with Gasteiger partial charge in [-0.05, 0) is 77.2 Å². The quantitative estimate of drug-likeness (QED) is 0.177. The maximum absolute atomic E-state index is 9.48. The second-order valence-electron chi connectivity index (χ2n) is 12.9. The first-order valence-electron chi connectivity index (χ1n) is 17.3. The van der Waals surface area contributed by atoms with Gasteiger partial charge in [0.2, 0.25) is 0 Å². The molecular formula is C47H31N5. The van der Waals surface area contributed by atoms with Crippen molar-refractivity contribution < 1.29 is 0 Å². The summed E-state index contributed by atoms with van der Waals surface area (Å²) in [4.78, 5) is 15.3. The van der Waals surface area contributed by atoms with Gasteiger partial charge >= 0.3 is 0 Å². The molecule has 0 fully saturated rings. The average Bonchev–Trinajstić information content (AvgIpc) is 3.55. The van der Waals surface area contributed by atoms with Gasteiger partial charge in [-0.3, -0.25) is 0 Å². The second kappa shape index (κ2) is 12.9. The molecule has 0 spiro atoms. The molecule has 244 valence electrons. The Bertz CT molecular complexity index is 2740. The maximum Gasteiger partial charge on any atom is 0.166 e. The summed E-state index contributed by atoms with van der Waals surface area (Å²) in [5, 5.41) is 11.8. The van der Waals surface area contributed by atoms with E-state index >= 15 is 0 Å². The van der Waals surface area contributed by atoms with Crippen LogP contribution in [0.4, 0.5) is 0 Å². The van der Waals surface area contributed by atoms with Crippen molar-refractivity contribution in [2.45, 2.75) is 6.92 Å². The van der Waals surface area contributed by atoms with Crippen LogP contribution in [-0.2, 0) is 0 Å². The summed E-state index contributed by atoms with van der Waals surface area (Å²) < 4.78 is 2.34. The molecule has 5 nitrogen and oxygen atoms in total. The number of benzene rings is 7. The minimum atomic E-state index is 0.580. The number of aryl methyl sites for hydroxylation is 1. The molecular weight excluding hydrogens is 635 g/mol. The Balaban J connectivity index is 1.34. The van der Waals surface area contributed by atoms with Crippen molar-refractivity contribution in [1.29, 1.82) is 5.26 Å². The van der Waals surface area contributed by atoms with Crippen LogP contribution in [0.5, 0.6) is 0 Å². The first-order chi connectivity index (χ1) is 25.6. The Morgan fingerprint density at radius 2 is 1.02 bits per heavy atom. The topological polar surface area (TPSA) is 67.4 Å². The van der Waals surface area contributed by atoms with Crippen LogP contribution in [0.25, 0.3) is 83.9 Å². The summed E-state index contributed by atoms with van der Waals surface area (Å²) in [5.41, 5.74) is 12.1. The first kappa shape index (κ1) is 30.9. The molecule has 0 unspecified atom stereocenters. The lowest BCUT2D eigenvalue weighted by Gasteiger charge is -2.16. The summed E-state index contributed by atoms with van der Waals surface area (Å²) in [6, 6.07) is 60.4. The van der Waals surface area contributed by atoms with E-state index in [1.54, 1.807) is 0 Å². The zero-order valence-corrected chi connectivity index (χ0v) is 28.4. The van der Waals surface area contributed by atoms with Crippen LogP contribution in [0, 0.1) is 18.3 Å². The lowest BCUT2D eigenvalue weighted by molar-refractivity contribution is 1.06. The Labute approximate surface area is 301 Å². The van der Waals surface area contributed by atoms with Crippen molar-refractivity contribution in [3.05, 3.63) is 181 Å². The van der Waals surface area contributed by atoms with Crippen molar-refractivity contribution in [2.24, 2.45) is 0 Å². The third-order valence-corrected chi connectivity index (χ3v) is 9.65. The lowest BCUT2D eigenvalue weighted by atomic mass is 9.99. The van der Waals surface area contributed by atoms with E-state index in [1.165, 1.54) is 16.7 Å². The smallest absolute Gasteiger partial charge is 0.166 e. The molecule has 9 rings (SSSR count). The van der Waals surface area contributed by atoms with E-state index in [0.29, 0.717) is 23.0 Å². The van der Waals surface area contributed by atoms with Gasteiger partial charge in [-0.25, -0.2) is 15.0 Å². The molecule has 0 bridgehead atoms. The summed E-state index contributed by atoms with van der Waals surface area (Å²) in [6.45, 7) is 2.16. The Morgan fingerprint density at radius 3 is 1.71 bits per heavy atom. The molecule has 5 heteroatoms. The molecule has 0 aliphatic carbocycles. The van der Waals surface area contributed by atoms with E-state index in [-0.39, 0.29) is 0 Å². The van der Waals surface area contributed by atoms with Crippen molar-refractivity contribution in [3.63, 3.8) is 0 Å². The van der Waals surface area contributed by atoms with Crippen LogP contribution in [0.2, 0.25) is 0 Å². The highest BCUT2D eigenvalue weighted by Gasteiger charge is 2.21. The summed E-state index contributed by atoms with van der Waals surface area (Å²) >= 11 is 0. The van der Waals surface area contributed by atoms with Crippen molar-refractivity contribution in [3.8, 4) is 68.2 Å². The van der Waals surface area contributed by atoms with Gasteiger partial charge < -0.3 is 4.57 Å². The van der Waals surface area contributed by atoms with Crippen molar-refractivity contribution in [2.75, 3.05) is 0 Å². The molecule has 0 atom stereocenters. The molecule has 0 saturated heterocycles. The molecule has 0 radical (unpaired) electrons. The Hall–Kier alpha value is -7.16. The van der Waals surface area contributed by atoms with Crippen molar-refractivity contribution in [1.82, 2.24) is 19.5 Å². The molecule has 7 aromatic carbocycles. The number of para-hydroxylation sites is 1. The third-order valence-electron chi connectivity index (χ3n) is 9.65. The summed E-state index contributed by atoms with van der Waals surface area (Å²) in [6.07, 6.45) is 0. The van der Waals surface area contributed by atoms with Gasteiger partial charge in [-0.2, -0.15) is 5.26 Å². The summed E-state index contributed by atoms with van der Waals surface area (Å²) in [7, 11) is 0. The highest BCUT2D eigenvalue weighted by Crippen LogP contribution is 2.40.